The van der Waals surface area contributed by atoms with Crippen LogP contribution in [0.2, 0.25) is 5.02 Å². The molecule has 3 rings (SSSR count). The molecule has 0 atom stereocenters. The summed E-state index contributed by atoms with van der Waals surface area (Å²) in [7, 11) is 0. The second kappa shape index (κ2) is 8.13. The predicted molar refractivity (Wildman–Crippen MR) is 93.9 cm³/mol. The number of hydrogen-bond donors (Lipinski definition) is 1. The predicted octanol–water partition coefficient (Wildman–Crippen LogP) is 3.30. The molecular formula is C18H20ClN3O2. The highest BCUT2D eigenvalue weighted by molar-refractivity contribution is 6.30. The summed E-state index contributed by atoms with van der Waals surface area (Å²) in [6.45, 7) is 2.70. The lowest BCUT2D eigenvalue weighted by Crippen LogP contribution is -2.39. The monoisotopic (exact) mass is 345 g/mol. The average molecular weight is 346 g/mol. The highest BCUT2D eigenvalue weighted by atomic mass is 35.5. The van der Waals surface area contributed by atoms with Gasteiger partial charge in [0.1, 0.15) is 5.76 Å². The van der Waals surface area contributed by atoms with E-state index in [0.717, 1.165) is 37.5 Å². The molecule has 5 nitrogen and oxygen atoms in total. The van der Waals surface area contributed by atoms with Gasteiger partial charge in [-0.25, -0.2) is 5.43 Å². The molecule has 1 fully saturated rings. The Kier molecular flexibility index (Phi) is 5.67. The van der Waals surface area contributed by atoms with E-state index in [9.17, 15) is 4.79 Å². The largest absolute Gasteiger partial charge is 0.463 e. The van der Waals surface area contributed by atoms with Crippen LogP contribution in [0.25, 0.3) is 0 Å². The van der Waals surface area contributed by atoms with Gasteiger partial charge >= 0.3 is 0 Å². The maximum absolute atomic E-state index is 12.1. The van der Waals surface area contributed by atoms with Crippen molar-refractivity contribution in [3.63, 3.8) is 0 Å². The van der Waals surface area contributed by atoms with Gasteiger partial charge in [0.25, 0.3) is 0 Å². The van der Waals surface area contributed by atoms with Crippen LogP contribution in [0.3, 0.4) is 0 Å². The van der Waals surface area contributed by atoms with Gasteiger partial charge in [0, 0.05) is 17.5 Å². The van der Waals surface area contributed by atoms with E-state index in [0.29, 0.717) is 5.76 Å². The molecule has 0 saturated carbocycles. The minimum absolute atomic E-state index is 0.0141. The Morgan fingerprint density at radius 3 is 2.71 bits per heavy atom. The maximum Gasteiger partial charge on any atom is 0.243 e. The number of rotatable bonds is 5. The lowest BCUT2D eigenvalue weighted by Gasteiger charge is -2.30. The number of hydrogen-bond acceptors (Lipinski definition) is 4. The van der Waals surface area contributed by atoms with Crippen LogP contribution in [-0.4, -0.2) is 30.1 Å². The van der Waals surface area contributed by atoms with Gasteiger partial charge in [-0.05, 0) is 55.8 Å². The van der Waals surface area contributed by atoms with E-state index in [2.05, 4.69) is 15.4 Å². The first-order chi connectivity index (χ1) is 11.7. The summed E-state index contributed by atoms with van der Waals surface area (Å²) in [5.41, 5.74) is 3.84. The molecule has 1 aromatic carbocycles. The fourth-order valence-electron chi connectivity index (χ4n) is 2.82. The van der Waals surface area contributed by atoms with Crippen LogP contribution in [0.15, 0.2) is 52.2 Å². The second-order valence-electron chi connectivity index (χ2n) is 5.93. The lowest BCUT2D eigenvalue weighted by atomic mass is 9.96. The molecule has 24 heavy (non-hydrogen) atoms. The van der Waals surface area contributed by atoms with E-state index in [1.54, 1.807) is 18.4 Å². The van der Waals surface area contributed by atoms with Crippen molar-refractivity contribution in [3.05, 3.63) is 59.0 Å². The molecule has 1 aromatic heterocycles. The molecule has 0 unspecified atom stereocenters. The highest BCUT2D eigenvalue weighted by Crippen LogP contribution is 2.20. The molecule has 6 heteroatoms. The summed E-state index contributed by atoms with van der Waals surface area (Å²) in [4.78, 5) is 14.5. The molecule has 2 aromatic rings. The first-order valence-corrected chi connectivity index (χ1v) is 8.42. The third kappa shape index (κ3) is 4.69. The van der Waals surface area contributed by atoms with Gasteiger partial charge in [0.05, 0.1) is 12.5 Å². The van der Waals surface area contributed by atoms with Crippen molar-refractivity contribution in [2.24, 2.45) is 11.0 Å². The van der Waals surface area contributed by atoms with Crippen LogP contribution in [-0.2, 0) is 11.3 Å². The van der Waals surface area contributed by atoms with Gasteiger partial charge in [-0.3, -0.25) is 9.69 Å². The number of piperidine rings is 1. The Balaban J connectivity index is 1.42. The number of amides is 1. The van der Waals surface area contributed by atoms with Crippen LogP contribution >= 0.6 is 11.6 Å². The van der Waals surface area contributed by atoms with Gasteiger partial charge in [0.2, 0.25) is 5.91 Å². The van der Waals surface area contributed by atoms with E-state index in [4.69, 9.17) is 16.0 Å². The molecular weight excluding hydrogens is 326 g/mol. The number of likely N-dealkylation sites (tertiary alicyclic amines) is 1. The Labute approximate surface area is 146 Å². The minimum Gasteiger partial charge on any atom is -0.463 e. The van der Waals surface area contributed by atoms with Gasteiger partial charge in [-0.1, -0.05) is 23.7 Å². The summed E-state index contributed by atoms with van der Waals surface area (Å²) in [5, 5.41) is 4.69. The molecule has 2 heterocycles. The normalized spacial score (nSPS) is 16.5. The summed E-state index contributed by atoms with van der Waals surface area (Å²) >= 11 is 5.91. The Bertz CT molecular complexity index is 675. The number of carbonyl (C=O) groups excluding carboxylic acids is 1. The van der Waals surface area contributed by atoms with Crippen molar-refractivity contribution < 1.29 is 9.21 Å². The number of nitrogens with zero attached hydrogens (tertiary/aromatic N) is 2. The third-order valence-electron chi connectivity index (χ3n) is 4.19. The Hall–Kier alpha value is -2.11. The number of carbonyl (C=O) groups is 1. The molecule has 1 amide bonds. The van der Waals surface area contributed by atoms with Crippen LogP contribution in [0, 0.1) is 5.92 Å². The standard InChI is InChI=1S/C18H20ClN3O2/c19-16-5-3-14(4-6-16)13-22-9-7-15(8-10-22)18(23)21-20-12-17-2-1-11-24-17/h1-6,11-12,15H,7-10,13H2,(H,21,23)/b20-12+. The number of furan rings is 1. The maximum atomic E-state index is 12.1. The van der Waals surface area contributed by atoms with Crippen molar-refractivity contribution in [2.75, 3.05) is 13.1 Å². The van der Waals surface area contributed by atoms with E-state index in [1.165, 1.54) is 11.8 Å². The first-order valence-electron chi connectivity index (χ1n) is 8.04. The zero-order valence-electron chi connectivity index (χ0n) is 13.3. The van der Waals surface area contributed by atoms with Gasteiger partial charge in [-0.15, -0.1) is 0 Å². The summed E-state index contributed by atoms with van der Waals surface area (Å²) < 4.78 is 5.12. The summed E-state index contributed by atoms with van der Waals surface area (Å²) in [6.07, 6.45) is 4.76. The highest BCUT2D eigenvalue weighted by Gasteiger charge is 2.24. The van der Waals surface area contributed by atoms with E-state index < -0.39 is 0 Å². The number of nitrogens with one attached hydrogen (secondary N) is 1. The zero-order valence-corrected chi connectivity index (χ0v) is 14.1. The van der Waals surface area contributed by atoms with Crippen molar-refractivity contribution in [1.29, 1.82) is 0 Å². The SMILES string of the molecule is O=C(N/N=C/c1ccco1)C1CCN(Cc2ccc(Cl)cc2)CC1. The first kappa shape index (κ1) is 16.7. The number of benzene rings is 1. The van der Waals surface area contributed by atoms with E-state index in [1.807, 2.05) is 24.3 Å². The molecule has 1 N–H and O–H groups in total. The van der Waals surface area contributed by atoms with E-state index >= 15 is 0 Å². The Morgan fingerprint density at radius 1 is 1.29 bits per heavy atom. The third-order valence-corrected chi connectivity index (χ3v) is 4.44. The minimum atomic E-state index is -0.0241. The summed E-state index contributed by atoms with van der Waals surface area (Å²) in [5.74, 6) is 0.609. The molecule has 0 bridgehead atoms. The van der Waals surface area contributed by atoms with Crippen molar-refractivity contribution in [1.82, 2.24) is 10.3 Å². The molecule has 0 radical (unpaired) electrons. The quantitative estimate of drug-likeness (QED) is 0.668. The van der Waals surface area contributed by atoms with Crippen molar-refractivity contribution in [3.8, 4) is 0 Å². The Morgan fingerprint density at radius 2 is 2.04 bits per heavy atom. The van der Waals surface area contributed by atoms with Crippen LogP contribution in [0.4, 0.5) is 0 Å². The number of halogens is 1. The topological polar surface area (TPSA) is 57.8 Å². The fourth-order valence-corrected chi connectivity index (χ4v) is 2.94. The molecule has 1 saturated heterocycles. The van der Waals surface area contributed by atoms with Crippen LogP contribution in [0.5, 0.6) is 0 Å². The molecule has 126 valence electrons. The molecule has 1 aliphatic heterocycles. The molecule has 1 aliphatic rings. The van der Waals surface area contributed by atoms with Gasteiger partial charge < -0.3 is 4.42 Å². The zero-order chi connectivity index (χ0) is 16.8. The average Bonchev–Trinajstić information content (AvgIpc) is 3.11. The smallest absolute Gasteiger partial charge is 0.243 e. The van der Waals surface area contributed by atoms with E-state index in [-0.39, 0.29) is 11.8 Å². The number of hydrazone groups is 1. The van der Waals surface area contributed by atoms with Crippen LogP contribution in [0.1, 0.15) is 24.2 Å². The summed E-state index contributed by atoms with van der Waals surface area (Å²) in [6, 6.07) is 11.5. The van der Waals surface area contributed by atoms with Gasteiger partial charge in [0.15, 0.2) is 0 Å². The van der Waals surface area contributed by atoms with Crippen molar-refractivity contribution in [2.45, 2.75) is 19.4 Å². The molecule has 0 aliphatic carbocycles. The fraction of sp³-hybridized carbons (Fsp3) is 0.333. The molecule has 0 spiro atoms. The van der Waals surface area contributed by atoms with Gasteiger partial charge in [-0.2, -0.15) is 5.10 Å². The second-order valence-corrected chi connectivity index (χ2v) is 6.36. The van der Waals surface area contributed by atoms with Crippen molar-refractivity contribution >= 4 is 23.7 Å². The lowest BCUT2D eigenvalue weighted by molar-refractivity contribution is -0.126. The van der Waals surface area contributed by atoms with Crippen LogP contribution < -0.4 is 5.43 Å².